The Hall–Kier alpha value is -2.24. The molecule has 6 heteroatoms. The molecule has 0 saturated carbocycles. The highest BCUT2D eigenvalue weighted by Crippen LogP contribution is 2.15. The van der Waals surface area contributed by atoms with E-state index >= 15 is 0 Å². The third-order valence-corrected chi connectivity index (χ3v) is 1.95. The second kappa shape index (κ2) is 5.74. The van der Waals surface area contributed by atoms with Crippen molar-refractivity contribution in [3.05, 3.63) is 24.3 Å². The van der Waals surface area contributed by atoms with E-state index in [-0.39, 0.29) is 12.4 Å². The first-order valence-electron chi connectivity index (χ1n) is 4.93. The Morgan fingerprint density at radius 1 is 1.35 bits per heavy atom. The molecule has 0 unspecified atom stereocenters. The fourth-order valence-electron chi connectivity index (χ4n) is 1.04. The van der Waals surface area contributed by atoms with Crippen LogP contribution in [0.5, 0.6) is 11.5 Å². The molecule has 1 rings (SSSR count). The van der Waals surface area contributed by atoms with Crippen LogP contribution in [-0.4, -0.2) is 34.7 Å². The molecular weight excluding hydrogens is 226 g/mol. The van der Waals surface area contributed by atoms with Gasteiger partial charge in [-0.05, 0) is 31.2 Å². The van der Waals surface area contributed by atoms with Crippen molar-refractivity contribution in [2.75, 3.05) is 6.61 Å². The molecule has 0 saturated heterocycles. The molecule has 1 atom stereocenters. The number of hydrogen-bond acceptors (Lipinski definition) is 4. The van der Waals surface area contributed by atoms with Crippen molar-refractivity contribution in [1.29, 1.82) is 0 Å². The second-order valence-electron chi connectivity index (χ2n) is 3.41. The van der Waals surface area contributed by atoms with Gasteiger partial charge >= 0.3 is 5.97 Å². The predicted molar refractivity (Wildman–Crippen MR) is 58.8 cm³/mol. The SMILES string of the molecule is C[C@H](NC(=O)COc1ccc(O)cc1)C(=O)O. The third kappa shape index (κ3) is 4.42. The molecule has 6 nitrogen and oxygen atoms in total. The van der Waals surface area contributed by atoms with Crippen molar-refractivity contribution in [3.8, 4) is 11.5 Å². The highest BCUT2D eigenvalue weighted by molar-refractivity contribution is 5.84. The number of aromatic hydroxyl groups is 1. The predicted octanol–water partition coefficient (Wildman–Crippen LogP) is 0.360. The highest BCUT2D eigenvalue weighted by Gasteiger charge is 2.13. The molecule has 3 N–H and O–H groups in total. The van der Waals surface area contributed by atoms with Crippen molar-refractivity contribution < 1.29 is 24.5 Å². The Morgan fingerprint density at radius 2 is 1.94 bits per heavy atom. The number of aliphatic carboxylic acids is 1. The van der Waals surface area contributed by atoms with Crippen LogP contribution in [0.25, 0.3) is 0 Å². The lowest BCUT2D eigenvalue weighted by Crippen LogP contribution is -2.40. The molecule has 1 amide bonds. The molecular formula is C11H13NO5. The van der Waals surface area contributed by atoms with Crippen LogP contribution in [0.1, 0.15) is 6.92 Å². The number of nitrogens with one attached hydrogen (secondary N) is 1. The molecule has 0 aliphatic carbocycles. The lowest BCUT2D eigenvalue weighted by atomic mass is 10.3. The molecule has 0 spiro atoms. The van der Waals surface area contributed by atoms with Crippen molar-refractivity contribution in [1.82, 2.24) is 5.32 Å². The summed E-state index contributed by atoms with van der Waals surface area (Å²) in [7, 11) is 0. The largest absolute Gasteiger partial charge is 0.508 e. The monoisotopic (exact) mass is 239 g/mol. The molecule has 0 aliphatic heterocycles. The molecule has 0 aromatic heterocycles. The van der Waals surface area contributed by atoms with Crippen LogP contribution < -0.4 is 10.1 Å². The molecule has 0 radical (unpaired) electrons. The molecule has 1 aromatic carbocycles. The van der Waals surface area contributed by atoms with Gasteiger partial charge in [-0.3, -0.25) is 9.59 Å². The number of benzene rings is 1. The number of carbonyl (C=O) groups excluding carboxylic acids is 1. The van der Waals surface area contributed by atoms with E-state index in [9.17, 15) is 9.59 Å². The van der Waals surface area contributed by atoms with Crippen LogP contribution >= 0.6 is 0 Å². The Kier molecular flexibility index (Phi) is 4.33. The minimum absolute atomic E-state index is 0.0984. The van der Waals surface area contributed by atoms with E-state index in [0.717, 1.165) is 0 Å². The van der Waals surface area contributed by atoms with Gasteiger partial charge in [-0.2, -0.15) is 0 Å². The lowest BCUT2D eigenvalue weighted by Gasteiger charge is -2.10. The standard InChI is InChI=1S/C11H13NO5/c1-7(11(15)16)12-10(14)6-17-9-4-2-8(13)3-5-9/h2-5,7,13H,6H2,1H3,(H,12,14)(H,15,16)/t7-/m0/s1. The van der Waals surface area contributed by atoms with E-state index in [2.05, 4.69) is 5.32 Å². The molecule has 17 heavy (non-hydrogen) atoms. The molecule has 1 aromatic rings. The topological polar surface area (TPSA) is 95.9 Å². The Labute approximate surface area is 97.8 Å². The molecule has 0 fully saturated rings. The van der Waals surface area contributed by atoms with Crippen molar-refractivity contribution in [2.24, 2.45) is 0 Å². The van der Waals surface area contributed by atoms with E-state index in [4.69, 9.17) is 14.9 Å². The maximum Gasteiger partial charge on any atom is 0.325 e. The smallest absolute Gasteiger partial charge is 0.325 e. The first kappa shape index (κ1) is 12.8. The number of rotatable bonds is 5. The van der Waals surface area contributed by atoms with E-state index in [1.165, 1.54) is 31.2 Å². The zero-order chi connectivity index (χ0) is 12.8. The highest BCUT2D eigenvalue weighted by atomic mass is 16.5. The van der Waals surface area contributed by atoms with E-state index in [1.54, 1.807) is 0 Å². The minimum atomic E-state index is -1.11. The van der Waals surface area contributed by atoms with E-state index in [1.807, 2.05) is 0 Å². The maximum absolute atomic E-state index is 11.2. The number of amides is 1. The zero-order valence-corrected chi connectivity index (χ0v) is 9.21. The number of carbonyl (C=O) groups is 2. The van der Waals surface area contributed by atoms with Gasteiger partial charge in [0, 0.05) is 0 Å². The molecule has 0 aliphatic rings. The third-order valence-electron chi connectivity index (χ3n) is 1.95. The van der Waals surface area contributed by atoms with Crippen LogP contribution in [0.3, 0.4) is 0 Å². The number of phenols is 1. The van der Waals surface area contributed by atoms with Gasteiger partial charge in [0.05, 0.1) is 0 Å². The van der Waals surface area contributed by atoms with Gasteiger partial charge in [-0.1, -0.05) is 0 Å². The fraction of sp³-hybridized carbons (Fsp3) is 0.273. The summed E-state index contributed by atoms with van der Waals surface area (Å²) in [4.78, 5) is 21.7. The summed E-state index contributed by atoms with van der Waals surface area (Å²) in [5.41, 5.74) is 0. The minimum Gasteiger partial charge on any atom is -0.508 e. The molecule has 0 bridgehead atoms. The quantitative estimate of drug-likeness (QED) is 0.689. The number of ether oxygens (including phenoxy) is 1. The van der Waals surface area contributed by atoms with Crippen molar-refractivity contribution in [3.63, 3.8) is 0 Å². The summed E-state index contributed by atoms with van der Waals surface area (Å²) in [6.07, 6.45) is 0. The summed E-state index contributed by atoms with van der Waals surface area (Å²) in [5.74, 6) is -1.11. The maximum atomic E-state index is 11.2. The summed E-state index contributed by atoms with van der Waals surface area (Å²) in [6.45, 7) is 1.09. The molecule has 0 heterocycles. The van der Waals surface area contributed by atoms with E-state index < -0.39 is 17.9 Å². The number of phenolic OH excluding ortho intramolecular Hbond substituents is 1. The van der Waals surface area contributed by atoms with Crippen LogP contribution in [0, 0.1) is 0 Å². The van der Waals surface area contributed by atoms with Crippen molar-refractivity contribution in [2.45, 2.75) is 13.0 Å². The second-order valence-corrected chi connectivity index (χ2v) is 3.41. The average Bonchev–Trinajstić information content (AvgIpc) is 2.28. The van der Waals surface area contributed by atoms with Gasteiger partial charge in [0.2, 0.25) is 0 Å². The van der Waals surface area contributed by atoms with Gasteiger partial charge in [-0.15, -0.1) is 0 Å². The van der Waals surface area contributed by atoms with Crippen LogP contribution in [0.4, 0.5) is 0 Å². The Bertz CT molecular complexity index is 401. The first-order valence-corrected chi connectivity index (χ1v) is 4.93. The van der Waals surface area contributed by atoms with Gasteiger partial charge in [-0.25, -0.2) is 0 Å². The van der Waals surface area contributed by atoms with E-state index in [0.29, 0.717) is 5.75 Å². The summed E-state index contributed by atoms with van der Waals surface area (Å²) in [6, 6.07) is 4.90. The number of carboxylic acids is 1. The molecule has 92 valence electrons. The van der Waals surface area contributed by atoms with Gasteiger partial charge in [0.15, 0.2) is 6.61 Å². The fourth-order valence-corrected chi connectivity index (χ4v) is 1.04. The number of carboxylic acid groups (broad SMARTS) is 1. The summed E-state index contributed by atoms with van der Waals surface area (Å²) in [5, 5.41) is 19.8. The van der Waals surface area contributed by atoms with Crippen LogP contribution in [0.2, 0.25) is 0 Å². The summed E-state index contributed by atoms with van der Waals surface area (Å²) >= 11 is 0. The summed E-state index contributed by atoms with van der Waals surface area (Å²) < 4.78 is 5.09. The van der Waals surface area contributed by atoms with Crippen molar-refractivity contribution >= 4 is 11.9 Å². The number of hydrogen-bond donors (Lipinski definition) is 3. The average molecular weight is 239 g/mol. The van der Waals surface area contributed by atoms with Gasteiger partial charge in [0.1, 0.15) is 17.5 Å². The van der Waals surface area contributed by atoms with Gasteiger partial charge in [0.25, 0.3) is 5.91 Å². The van der Waals surface area contributed by atoms with Crippen LogP contribution in [-0.2, 0) is 9.59 Å². The first-order chi connectivity index (χ1) is 7.99. The van der Waals surface area contributed by atoms with Gasteiger partial charge < -0.3 is 20.3 Å². The Balaban J connectivity index is 2.38. The zero-order valence-electron chi connectivity index (χ0n) is 9.21. The normalized spacial score (nSPS) is 11.6. The lowest BCUT2D eigenvalue weighted by molar-refractivity contribution is -0.141. The Morgan fingerprint density at radius 3 is 2.47 bits per heavy atom. The van der Waals surface area contributed by atoms with Crippen LogP contribution in [0.15, 0.2) is 24.3 Å².